The fraction of sp³-hybridized carbons (Fsp3) is 0.222. The van der Waals surface area contributed by atoms with E-state index in [1.54, 1.807) is 37.6 Å². The topological polar surface area (TPSA) is 95.7 Å². The van der Waals surface area contributed by atoms with E-state index in [9.17, 15) is 4.79 Å². The summed E-state index contributed by atoms with van der Waals surface area (Å²) in [6.45, 7) is 6.05. The average molecular weight is 343 g/mol. The van der Waals surface area contributed by atoms with Crippen molar-refractivity contribution in [3.05, 3.63) is 48.7 Å². The Morgan fingerprint density at radius 1 is 1.32 bits per heavy atom. The number of rotatable bonds is 8. The smallest absolute Gasteiger partial charge is 0.247 e. The number of ether oxygens (including phenoxy) is 3. The predicted molar refractivity (Wildman–Crippen MR) is 96.1 cm³/mol. The van der Waals surface area contributed by atoms with Crippen LogP contribution in [-0.4, -0.2) is 31.2 Å². The zero-order valence-corrected chi connectivity index (χ0v) is 14.2. The molecule has 0 saturated heterocycles. The first kappa shape index (κ1) is 18.3. The Morgan fingerprint density at radius 3 is 2.80 bits per heavy atom. The molecule has 25 heavy (non-hydrogen) atoms. The van der Waals surface area contributed by atoms with E-state index in [1.807, 2.05) is 6.92 Å². The van der Waals surface area contributed by atoms with E-state index in [0.717, 1.165) is 5.56 Å². The molecular formula is C18H21N3O4. The van der Waals surface area contributed by atoms with Crippen LogP contribution in [0.15, 0.2) is 43.1 Å². The molecule has 2 aromatic rings. The number of carbonyl (C=O) groups is 1. The maximum Gasteiger partial charge on any atom is 0.247 e. The summed E-state index contributed by atoms with van der Waals surface area (Å²) < 4.78 is 16.4. The summed E-state index contributed by atoms with van der Waals surface area (Å²) in [5, 5.41) is 2.67. The summed E-state index contributed by atoms with van der Waals surface area (Å²) in [4.78, 5) is 15.6. The van der Waals surface area contributed by atoms with E-state index in [1.165, 1.54) is 6.08 Å². The molecule has 7 nitrogen and oxygen atoms in total. The van der Waals surface area contributed by atoms with E-state index >= 15 is 0 Å². The highest BCUT2D eigenvalue weighted by atomic mass is 16.5. The van der Waals surface area contributed by atoms with Crippen molar-refractivity contribution in [1.29, 1.82) is 0 Å². The highest BCUT2D eigenvalue weighted by molar-refractivity contribution is 5.99. The minimum Gasteiger partial charge on any atom is -0.487 e. The second kappa shape index (κ2) is 8.70. The first-order valence-corrected chi connectivity index (χ1v) is 7.62. The number of hydrogen-bond donors (Lipinski definition) is 2. The average Bonchev–Trinajstić information content (AvgIpc) is 2.59. The van der Waals surface area contributed by atoms with Crippen LogP contribution in [0.2, 0.25) is 0 Å². The second-order valence-corrected chi connectivity index (χ2v) is 5.21. The van der Waals surface area contributed by atoms with Crippen molar-refractivity contribution >= 4 is 17.3 Å². The monoisotopic (exact) mass is 343 g/mol. The number of nitrogen functional groups attached to an aromatic ring is 1. The molecule has 1 aromatic carbocycles. The number of aromatic nitrogens is 1. The minimum atomic E-state index is -0.319. The van der Waals surface area contributed by atoms with Crippen LogP contribution in [0, 0.1) is 6.92 Å². The Morgan fingerprint density at radius 2 is 2.12 bits per heavy atom. The molecule has 0 aliphatic carbocycles. The first-order chi connectivity index (χ1) is 12.0. The lowest BCUT2D eigenvalue weighted by atomic mass is 10.2. The number of amides is 1. The molecule has 0 aliphatic rings. The van der Waals surface area contributed by atoms with Gasteiger partial charge in [-0.1, -0.05) is 6.58 Å². The molecule has 0 saturated carbocycles. The highest BCUT2D eigenvalue weighted by Gasteiger charge is 2.12. The Labute approximate surface area is 146 Å². The van der Waals surface area contributed by atoms with Gasteiger partial charge in [-0.25, -0.2) is 4.98 Å². The van der Waals surface area contributed by atoms with E-state index in [2.05, 4.69) is 16.9 Å². The largest absolute Gasteiger partial charge is 0.487 e. The van der Waals surface area contributed by atoms with E-state index in [4.69, 9.17) is 19.9 Å². The van der Waals surface area contributed by atoms with E-state index in [0.29, 0.717) is 36.1 Å². The number of anilines is 2. The van der Waals surface area contributed by atoms with Gasteiger partial charge >= 0.3 is 0 Å². The van der Waals surface area contributed by atoms with E-state index in [-0.39, 0.29) is 11.8 Å². The molecule has 1 aromatic heterocycles. The van der Waals surface area contributed by atoms with Crippen molar-refractivity contribution in [3.8, 4) is 17.4 Å². The van der Waals surface area contributed by atoms with Crippen LogP contribution >= 0.6 is 0 Å². The van der Waals surface area contributed by atoms with Gasteiger partial charge in [0.25, 0.3) is 0 Å². The highest BCUT2D eigenvalue weighted by Crippen LogP contribution is 2.35. The number of hydrogen-bond acceptors (Lipinski definition) is 6. The fourth-order valence-corrected chi connectivity index (χ4v) is 1.98. The van der Waals surface area contributed by atoms with E-state index < -0.39 is 0 Å². The van der Waals surface area contributed by atoms with Crippen LogP contribution in [-0.2, 0) is 9.53 Å². The zero-order valence-electron chi connectivity index (χ0n) is 14.2. The van der Waals surface area contributed by atoms with Crippen LogP contribution in [0.1, 0.15) is 5.56 Å². The third-order valence-corrected chi connectivity index (χ3v) is 3.16. The fourth-order valence-electron chi connectivity index (χ4n) is 1.98. The maximum absolute atomic E-state index is 11.5. The Kier molecular flexibility index (Phi) is 6.36. The lowest BCUT2D eigenvalue weighted by Crippen LogP contribution is -2.09. The molecule has 132 valence electrons. The van der Waals surface area contributed by atoms with Gasteiger partial charge in [0.1, 0.15) is 6.61 Å². The number of aryl methyl sites for hydroxylation is 1. The van der Waals surface area contributed by atoms with Gasteiger partial charge in [-0.3, -0.25) is 4.79 Å². The van der Waals surface area contributed by atoms with Gasteiger partial charge in [-0.15, -0.1) is 0 Å². The molecule has 0 fully saturated rings. The summed E-state index contributed by atoms with van der Waals surface area (Å²) in [7, 11) is 1.58. The number of benzene rings is 1. The van der Waals surface area contributed by atoms with Crippen molar-refractivity contribution in [2.24, 2.45) is 0 Å². The SMILES string of the molecule is C=CC(=O)Nc1ccc(Oc2ncc(C)cc2N)c(OCCOC)c1. The van der Waals surface area contributed by atoms with Gasteiger partial charge in [-0.2, -0.15) is 0 Å². The Hall–Kier alpha value is -3.06. The molecule has 0 atom stereocenters. The van der Waals surface area contributed by atoms with Crippen LogP contribution < -0.4 is 20.5 Å². The third-order valence-electron chi connectivity index (χ3n) is 3.16. The number of methoxy groups -OCH3 is 1. The minimum absolute atomic E-state index is 0.282. The zero-order chi connectivity index (χ0) is 18.2. The normalized spacial score (nSPS) is 10.2. The van der Waals surface area contributed by atoms with Gasteiger partial charge in [0.2, 0.25) is 11.8 Å². The van der Waals surface area contributed by atoms with Gasteiger partial charge in [-0.05, 0) is 36.8 Å². The van der Waals surface area contributed by atoms with Gasteiger partial charge in [0.15, 0.2) is 11.5 Å². The predicted octanol–water partition coefficient (Wildman–Crippen LogP) is 2.91. The molecule has 3 N–H and O–H groups in total. The van der Waals surface area contributed by atoms with Crippen LogP contribution in [0.3, 0.4) is 0 Å². The molecule has 2 rings (SSSR count). The summed E-state index contributed by atoms with van der Waals surface area (Å²) in [5.74, 6) is 0.822. The quantitative estimate of drug-likeness (QED) is 0.565. The number of nitrogens with zero attached hydrogens (tertiary/aromatic N) is 1. The third kappa shape index (κ3) is 5.22. The first-order valence-electron chi connectivity index (χ1n) is 7.62. The molecule has 0 unspecified atom stereocenters. The molecule has 0 bridgehead atoms. The second-order valence-electron chi connectivity index (χ2n) is 5.21. The molecule has 7 heteroatoms. The van der Waals surface area contributed by atoms with Gasteiger partial charge in [0, 0.05) is 25.1 Å². The summed E-state index contributed by atoms with van der Waals surface area (Å²) in [6, 6.07) is 6.77. The van der Waals surface area contributed by atoms with Crippen LogP contribution in [0.25, 0.3) is 0 Å². The standard InChI is InChI=1S/C18H21N3O4/c1-4-17(22)21-13-5-6-15(16(10-13)24-8-7-23-3)25-18-14(19)9-12(2)11-20-18/h4-6,9-11H,1,7-8,19H2,2-3H3,(H,21,22). The molecular weight excluding hydrogens is 322 g/mol. The number of pyridine rings is 1. The Bertz CT molecular complexity index is 762. The molecule has 1 heterocycles. The van der Waals surface area contributed by atoms with Crippen molar-refractivity contribution < 1.29 is 19.0 Å². The molecule has 0 radical (unpaired) electrons. The van der Waals surface area contributed by atoms with Crippen molar-refractivity contribution in [3.63, 3.8) is 0 Å². The molecule has 0 spiro atoms. The van der Waals surface area contributed by atoms with Crippen LogP contribution in [0.5, 0.6) is 17.4 Å². The lowest BCUT2D eigenvalue weighted by molar-refractivity contribution is -0.111. The summed E-state index contributed by atoms with van der Waals surface area (Å²) >= 11 is 0. The number of nitrogens with one attached hydrogen (secondary N) is 1. The number of nitrogens with two attached hydrogens (primary N) is 1. The Balaban J connectivity index is 2.27. The van der Waals surface area contributed by atoms with Crippen molar-refractivity contribution in [2.45, 2.75) is 6.92 Å². The van der Waals surface area contributed by atoms with Gasteiger partial charge < -0.3 is 25.3 Å². The molecule has 1 amide bonds. The number of carbonyl (C=O) groups excluding carboxylic acids is 1. The summed E-state index contributed by atoms with van der Waals surface area (Å²) in [6.07, 6.45) is 2.85. The summed E-state index contributed by atoms with van der Waals surface area (Å²) in [5.41, 5.74) is 7.85. The van der Waals surface area contributed by atoms with Crippen LogP contribution in [0.4, 0.5) is 11.4 Å². The molecule has 0 aliphatic heterocycles. The van der Waals surface area contributed by atoms with Crippen molar-refractivity contribution in [2.75, 3.05) is 31.4 Å². The maximum atomic E-state index is 11.5. The van der Waals surface area contributed by atoms with Crippen molar-refractivity contribution in [1.82, 2.24) is 4.98 Å². The lowest BCUT2D eigenvalue weighted by Gasteiger charge is -2.14. The van der Waals surface area contributed by atoms with Gasteiger partial charge in [0.05, 0.1) is 12.3 Å².